The lowest BCUT2D eigenvalue weighted by Crippen LogP contribution is -2.39. The van der Waals surface area contributed by atoms with Crippen molar-refractivity contribution in [3.8, 4) is 0 Å². The van der Waals surface area contributed by atoms with Gasteiger partial charge in [0.05, 0.1) is 16.6 Å². The number of aryl methyl sites for hydroxylation is 1. The van der Waals surface area contributed by atoms with Crippen molar-refractivity contribution in [2.24, 2.45) is 5.41 Å². The first-order valence-electron chi connectivity index (χ1n) is 6.34. The first-order valence-corrected chi connectivity index (χ1v) is 7.22. The summed E-state index contributed by atoms with van der Waals surface area (Å²) in [6, 6.07) is 0. The van der Waals surface area contributed by atoms with Crippen LogP contribution < -0.4 is 0 Å². The van der Waals surface area contributed by atoms with E-state index in [1.807, 2.05) is 19.5 Å². The van der Waals surface area contributed by atoms with E-state index >= 15 is 0 Å². The van der Waals surface area contributed by atoms with Crippen LogP contribution in [0.3, 0.4) is 0 Å². The minimum absolute atomic E-state index is 0.520. The van der Waals surface area contributed by atoms with E-state index in [2.05, 4.69) is 9.88 Å². The molecule has 0 bridgehead atoms. The van der Waals surface area contributed by atoms with Gasteiger partial charge in [-0.25, -0.2) is 4.98 Å². The van der Waals surface area contributed by atoms with Gasteiger partial charge in [0.15, 0.2) is 0 Å². The zero-order valence-corrected chi connectivity index (χ0v) is 11.8. The predicted molar refractivity (Wildman–Crippen MR) is 71.7 cm³/mol. The van der Waals surface area contributed by atoms with Crippen LogP contribution in [0.2, 0.25) is 0 Å². The SMILES string of the molecule is Cc1ncsc1CN(C)CC1(C(=O)O)CCCC1. The summed E-state index contributed by atoms with van der Waals surface area (Å²) in [4.78, 5) is 19.1. The van der Waals surface area contributed by atoms with Crippen molar-refractivity contribution >= 4 is 17.3 Å². The van der Waals surface area contributed by atoms with Crippen molar-refractivity contribution in [1.82, 2.24) is 9.88 Å². The van der Waals surface area contributed by atoms with Crippen molar-refractivity contribution in [1.29, 1.82) is 0 Å². The fourth-order valence-corrected chi connectivity index (χ4v) is 3.64. The molecule has 5 heteroatoms. The van der Waals surface area contributed by atoms with Crippen LogP contribution in [0.5, 0.6) is 0 Å². The number of carboxylic acids is 1. The quantitative estimate of drug-likeness (QED) is 0.891. The highest BCUT2D eigenvalue weighted by Gasteiger charge is 2.41. The Kier molecular flexibility index (Phi) is 4.02. The largest absolute Gasteiger partial charge is 0.481 e. The van der Waals surface area contributed by atoms with Crippen LogP contribution in [0.15, 0.2) is 5.51 Å². The highest BCUT2D eigenvalue weighted by molar-refractivity contribution is 7.09. The van der Waals surface area contributed by atoms with Gasteiger partial charge >= 0.3 is 5.97 Å². The van der Waals surface area contributed by atoms with E-state index < -0.39 is 11.4 Å². The second kappa shape index (κ2) is 5.36. The number of aromatic nitrogens is 1. The zero-order valence-electron chi connectivity index (χ0n) is 11.0. The molecule has 1 aliphatic rings. The van der Waals surface area contributed by atoms with Gasteiger partial charge in [-0.05, 0) is 26.8 Å². The Morgan fingerprint density at radius 1 is 1.56 bits per heavy atom. The number of rotatable bonds is 5. The van der Waals surface area contributed by atoms with Crippen molar-refractivity contribution in [2.45, 2.75) is 39.2 Å². The molecule has 1 saturated carbocycles. The molecule has 2 rings (SSSR count). The van der Waals surface area contributed by atoms with Gasteiger partial charge in [0.25, 0.3) is 0 Å². The second-order valence-electron chi connectivity index (χ2n) is 5.33. The van der Waals surface area contributed by atoms with Crippen molar-refractivity contribution in [3.05, 3.63) is 16.1 Å². The van der Waals surface area contributed by atoms with Crippen LogP contribution in [-0.4, -0.2) is 34.6 Å². The third-order valence-electron chi connectivity index (χ3n) is 3.85. The van der Waals surface area contributed by atoms with E-state index in [1.54, 1.807) is 11.3 Å². The van der Waals surface area contributed by atoms with Gasteiger partial charge in [0, 0.05) is 18.0 Å². The van der Waals surface area contributed by atoms with Crippen LogP contribution in [0.25, 0.3) is 0 Å². The highest BCUT2D eigenvalue weighted by atomic mass is 32.1. The Bertz CT molecular complexity index is 424. The standard InChI is InChI=1S/C13H20N2O2S/c1-10-11(18-9-14-10)7-15(2)8-13(12(16)17)5-3-4-6-13/h9H,3-8H2,1-2H3,(H,16,17). The third kappa shape index (κ3) is 2.72. The zero-order chi connectivity index (χ0) is 13.2. The molecule has 1 fully saturated rings. The van der Waals surface area contributed by atoms with E-state index in [0.29, 0.717) is 6.54 Å². The summed E-state index contributed by atoms with van der Waals surface area (Å²) in [5.74, 6) is -0.632. The average Bonchev–Trinajstić information content (AvgIpc) is 2.90. The van der Waals surface area contributed by atoms with Crippen molar-refractivity contribution < 1.29 is 9.90 Å². The maximum atomic E-state index is 11.5. The summed E-state index contributed by atoms with van der Waals surface area (Å²) in [6.45, 7) is 3.44. The van der Waals surface area contributed by atoms with Crippen LogP contribution in [0.4, 0.5) is 0 Å². The Morgan fingerprint density at radius 2 is 2.22 bits per heavy atom. The van der Waals surface area contributed by atoms with E-state index in [1.165, 1.54) is 4.88 Å². The summed E-state index contributed by atoms with van der Waals surface area (Å²) in [6.07, 6.45) is 3.71. The molecule has 0 radical (unpaired) electrons. The highest BCUT2D eigenvalue weighted by Crippen LogP contribution is 2.39. The van der Waals surface area contributed by atoms with Crippen LogP contribution in [-0.2, 0) is 11.3 Å². The fourth-order valence-electron chi connectivity index (χ4n) is 2.79. The molecule has 0 unspecified atom stereocenters. The summed E-state index contributed by atoms with van der Waals surface area (Å²) < 4.78 is 0. The molecule has 0 amide bonds. The summed E-state index contributed by atoms with van der Waals surface area (Å²) in [7, 11) is 2.00. The maximum Gasteiger partial charge on any atom is 0.310 e. The number of hydrogen-bond donors (Lipinski definition) is 1. The number of hydrogen-bond acceptors (Lipinski definition) is 4. The predicted octanol–water partition coefficient (Wildman–Crippen LogP) is 2.53. The van der Waals surface area contributed by atoms with E-state index in [0.717, 1.165) is 37.9 Å². The maximum absolute atomic E-state index is 11.5. The lowest BCUT2D eigenvalue weighted by atomic mass is 9.86. The molecule has 0 spiro atoms. The summed E-state index contributed by atoms with van der Waals surface area (Å²) in [5, 5.41) is 9.46. The topological polar surface area (TPSA) is 53.4 Å². The molecular weight excluding hydrogens is 248 g/mol. The molecule has 0 aromatic carbocycles. The molecule has 1 aromatic heterocycles. The molecule has 100 valence electrons. The molecular formula is C13H20N2O2S. The molecule has 0 aliphatic heterocycles. The van der Waals surface area contributed by atoms with Crippen LogP contribution >= 0.6 is 11.3 Å². The number of aliphatic carboxylic acids is 1. The van der Waals surface area contributed by atoms with Gasteiger partial charge in [0.1, 0.15) is 0 Å². The molecule has 18 heavy (non-hydrogen) atoms. The normalized spacial score (nSPS) is 18.4. The Balaban J connectivity index is 2.00. The molecule has 0 atom stereocenters. The number of carboxylic acid groups (broad SMARTS) is 1. The van der Waals surface area contributed by atoms with Gasteiger partial charge in [-0.3, -0.25) is 4.79 Å². The van der Waals surface area contributed by atoms with Gasteiger partial charge in [-0.2, -0.15) is 0 Å². The number of thiazole rings is 1. The van der Waals surface area contributed by atoms with Crippen LogP contribution in [0, 0.1) is 12.3 Å². The summed E-state index contributed by atoms with van der Waals surface area (Å²) >= 11 is 1.64. The average molecular weight is 268 g/mol. The minimum Gasteiger partial charge on any atom is -0.481 e. The van der Waals surface area contributed by atoms with Gasteiger partial charge in [-0.1, -0.05) is 12.8 Å². The Morgan fingerprint density at radius 3 is 2.72 bits per heavy atom. The van der Waals surface area contributed by atoms with E-state index in [9.17, 15) is 9.90 Å². The smallest absolute Gasteiger partial charge is 0.310 e. The third-order valence-corrected chi connectivity index (χ3v) is 4.77. The van der Waals surface area contributed by atoms with Gasteiger partial charge in [-0.15, -0.1) is 11.3 Å². The van der Waals surface area contributed by atoms with E-state index in [4.69, 9.17) is 0 Å². The lowest BCUT2D eigenvalue weighted by molar-refractivity contribution is -0.149. The number of carbonyl (C=O) groups is 1. The molecule has 1 N–H and O–H groups in total. The van der Waals surface area contributed by atoms with Crippen molar-refractivity contribution in [3.63, 3.8) is 0 Å². The van der Waals surface area contributed by atoms with Crippen molar-refractivity contribution in [2.75, 3.05) is 13.6 Å². The summed E-state index contributed by atoms with van der Waals surface area (Å²) in [5.41, 5.74) is 2.39. The molecule has 1 aromatic rings. The Labute approximate surface area is 112 Å². The monoisotopic (exact) mass is 268 g/mol. The fraction of sp³-hybridized carbons (Fsp3) is 0.692. The molecule has 4 nitrogen and oxygen atoms in total. The first kappa shape index (κ1) is 13.5. The van der Waals surface area contributed by atoms with E-state index in [-0.39, 0.29) is 0 Å². The molecule has 1 aliphatic carbocycles. The molecule has 1 heterocycles. The van der Waals surface area contributed by atoms with Gasteiger partial charge in [0.2, 0.25) is 0 Å². The Hall–Kier alpha value is -0.940. The second-order valence-corrected chi connectivity index (χ2v) is 6.27. The first-order chi connectivity index (χ1) is 8.53. The lowest BCUT2D eigenvalue weighted by Gasteiger charge is -2.29. The van der Waals surface area contributed by atoms with Crippen LogP contribution in [0.1, 0.15) is 36.3 Å². The van der Waals surface area contributed by atoms with Gasteiger partial charge < -0.3 is 10.0 Å². The number of nitrogens with zero attached hydrogens (tertiary/aromatic N) is 2. The minimum atomic E-state index is -0.632. The molecule has 0 saturated heterocycles.